The first kappa shape index (κ1) is 21.9. The van der Waals surface area contributed by atoms with Crippen LogP contribution < -0.4 is 30.4 Å². The molecule has 0 unspecified atom stereocenters. The van der Waals surface area contributed by atoms with Crippen molar-refractivity contribution in [2.24, 2.45) is 0 Å². The van der Waals surface area contributed by atoms with Gasteiger partial charge in [0.1, 0.15) is 24.7 Å². The van der Waals surface area contributed by atoms with Gasteiger partial charge >= 0.3 is 6.03 Å². The number of carbonyl (C=O) groups excluding carboxylic acids is 2. The van der Waals surface area contributed by atoms with Crippen molar-refractivity contribution in [3.05, 3.63) is 47.0 Å². The predicted octanol–water partition coefficient (Wildman–Crippen LogP) is 2.61. The third-order valence-electron chi connectivity index (χ3n) is 5.32. The maximum Gasteiger partial charge on any atom is 0.315 e. The number of nitrogens with one attached hydrogen (secondary N) is 3. The molecule has 2 aromatic rings. The van der Waals surface area contributed by atoms with Crippen molar-refractivity contribution < 1.29 is 19.1 Å². The highest BCUT2D eigenvalue weighted by molar-refractivity contribution is 6.33. The molecule has 170 valence electrons. The first-order valence-electron chi connectivity index (χ1n) is 10.5. The molecule has 1 fully saturated rings. The number of carbonyl (C=O) groups is 2. The molecule has 9 nitrogen and oxygen atoms in total. The second kappa shape index (κ2) is 9.86. The zero-order valence-electron chi connectivity index (χ0n) is 17.8. The van der Waals surface area contributed by atoms with E-state index in [9.17, 15) is 9.59 Å². The molecule has 0 radical (unpaired) electrons. The summed E-state index contributed by atoms with van der Waals surface area (Å²) in [4.78, 5) is 25.0. The number of ether oxygens (including phenoxy) is 2. The Kier molecular flexibility index (Phi) is 6.75. The standard InChI is InChI=1S/C22H26ClN5O4/c1-31-16-4-5-17(23)19(12-16)27-8-2-9-28(27)21(29)14-26-22(30)25-13-15-3-6-18-20(11-15)32-10-7-24-18/h3-6,11-12,24H,2,7-10,13-14H2,1H3,(H2,25,26,30). The topological polar surface area (TPSA) is 95.2 Å². The lowest BCUT2D eigenvalue weighted by Crippen LogP contribution is -2.48. The van der Waals surface area contributed by atoms with Crippen molar-refractivity contribution >= 4 is 34.9 Å². The molecule has 1 saturated heterocycles. The highest BCUT2D eigenvalue weighted by Gasteiger charge is 2.28. The number of fused-ring (bicyclic) bond motifs is 1. The molecule has 2 heterocycles. The van der Waals surface area contributed by atoms with Gasteiger partial charge in [0, 0.05) is 32.2 Å². The Bertz CT molecular complexity index is 1000. The number of hydrogen-bond acceptors (Lipinski definition) is 6. The number of hydrazine groups is 1. The molecule has 2 aromatic carbocycles. The maximum absolute atomic E-state index is 12.8. The molecule has 0 saturated carbocycles. The molecule has 3 N–H and O–H groups in total. The van der Waals surface area contributed by atoms with Crippen LogP contribution in [-0.2, 0) is 11.3 Å². The largest absolute Gasteiger partial charge is 0.497 e. The molecular formula is C22H26ClN5O4. The number of amides is 3. The van der Waals surface area contributed by atoms with E-state index in [-0.39, 0.29) is 12.5 Å². The van der Waals surface area contributed by atoms with Crippen molar-refractivity contribution in [2.45, 2.75) is 13.0 Å². The van der Waals surface area contributed by atoms with Crippen LogP contribution in [0.1, 0.15) is 12.0 Å². The van der Waals surface area contributed by atoms with Gasteiger partial charge in [0.05, 0.1) is 23.5 Å². The van der Waals surface area contributed by atoms with Crippen LogP contribution in [-0.4, -0.2) is 56.8 Å². The van der Waals surface area contributed by atoms with E-state index >= 15 is 0 Å². The van der Waals surface area contributed by atoms with Crippen LogP contribution in [0.5, 0.6) is 11.5 Å². The van der Waals surface area contributed by atoms with E-state index in [0.717, 1.165) is 30.0 Å². The molecule has 10 heteroatoms. The molecule has 2 aliphatic rings. The summed E-state index contributed by atoms with van der Waals surface area (Å²) in [7, 11) is 1.58. The Morgan fingerprint density at radius 1 is 1.19 bits per heavy atom. The van der Waals surface area contributed by atoms with Crippen molar-refractivity contribution in [1.29, 1.82) is 0 Å². The number of methoxy groups -OCH3 is 1. The SMILES string of the molecule is COc1ccc(Cl)c(N2CCCN2C(=O)CNC(=O)NCc2ccc3c(c2)OCCN3)c1. The van der Waals surface area contributed by atoms with Crippen molar-refractivity contribution in [3.8, 4) is 11.5 Å². The van der Waals surface area contributed by atoms with E-state index in [1.165, 1.54) is 0 Å². The molecule has 0 bridgehead atoms. The summed E-state index contributed by atoms with van der Waals surface area (Å²) < 4.78 is 10.9. The number of hydrogen-bond donors (Lipinski definition) is 3. The molecule has 0 atom stereocenters. The van der Waals surface area contributed by atoms with Crippen LogP contribution >= 0.6 is 11.6 Å². The number of nitrogens with zero attached hydrogens (tertiary/aromatic N) is 2. The Morgan fingerprint density at radius 3 is 2.91 bits per heavy atom. The lowest BCUT2D eigenvalue weighted by molar-refractivity contribution is -0.129. The van der Waals surface area contributed by atoms with Gasteiger partial charge < -0.3 is 25.4 Å². The zero-order valence-corrected chi connectivity index (χ0v) is 18.6. The van der Waals surface area contributed by atoms with Gasteiger partial charge in [-0.05, 0) is 36.2 Å². The lowest BCUT2D eigenvalue weighted by atomic mass is 10.1. The maximum atomic E-state index is 12.8. The number of anilines is 2. The van der Waals surface area contributed by atoms with Gasteiger partial charge in [-0.3, -0.25) is 14.8 Å². The fourth-order valence-corrected chi connectivity index (χ4v) is 3.93. The Hall–Kier alpha value is -3.33. The van der Waals surface area contributed by atoms with Gasteiger partial charge in [-0.1, -0.05) is 17.7 Å². The molecule has 2 aliphatic heterocycles. The van der Waals surface area contributed by atoms with Gasteiger partial charge in [0.25, 0.3) is 5.91 Å². The van der Waals surface area contributed by atoms with Crippen LogP contribution in [0.4, 0.5) is 16.2 Å². The van der Waals surface area contributed by atoms with E-state index in [1.54, 1.807) is 30.3 Å². The zero-order chi connectivity index (χ0) is 22.5. The smallest absolute Gasteiger partial charge is 0.315 e. The summed E-state index contributed by atoms with van der Waals surface area (Å²) >= 11 is 6.35. The average Bonchev–Trinajstić information content (AvgIpc) is 3.31. The van der Waals surface area contributed by atoms with E-state index in [1.807, 2.05) is 23.2 Å². The second-order valence-corrected chi connectivity index (χ2v) is 7.86. The highest BCUT2D eigenvalue weighted by atomic mass is 35.5. The van der Waals surface area contributed by atoms with E-state index in [2.05, 4.69) is 16.0 Å². The van der Waals surface area contributed by atoms with Crippen LogP contribution in [0, 0.1) is 0 Å². The average molecular weight is 460 g/mol. The van der Waals surface area contributed by atoms with Crippen molar-refractivity contribution in [2.75, 3.05) is 50.2 Å². The first-order chi connectivity index (χ1) is 15.5. The summed E-state index contributed by atoms with van der Waals surface area (Å²) in [5, 5.41) is 12.6. The third-order valence-corrected chi connectivity index (χ3v) is 5.64. The minimum absolute atomic E-state index is 0.124. The Labute approximate surface area is 191 Å². The number of urea groups is 1. The molecule has 4 rings (SSSR count). The fourth-order valence-electron chi connectivity index (χ4n) is 3.72. The van der Waals surface area contributed by atoms with Crippen molar-refractivity contribution in [3.63, 3.8) is 0 Å². The number of benzene rings is 2. The quantitative estimate of drug-likeness (QED) is 0.614. The predicted molar refractivity (Wildman–Crippen MR) is 122 cm³/mol. The lowest BCUT2D eigenvalue weighted by Gasteiger charge is -2.30. The molecule has 0 aromatic heterocycles. The van der Waals surface area contributed by atoms with Crippen LogP contribution in [0.3, 0.4) is 0 Å². The molecule has 32 heavy (non-hydrogen) atoms. The van der Waals surface area contributed by atoms with Crippen LogP contribution in [0.2, 0.25) is 5.02 Å². The third kappa shape index (κ3) is 4.94. The van der Waals surface area contributed by atoms with Crippen LogP contribution in [0.15, 0.2) is 36.4 Å². The second-order valence-electron chi connectivity index (χ2n) is 7.45. The summed E-state index contributed by atoms with van der Waals surface area (Å²) in [6.45, 7) is 2.80. The normalized spacial score (nSPS) is 14.8. The fraction of sp³-hybridized carbons (Fsp3) is 0.364. The van der Waals surface area contributed by atoms with Gasteiger partial charge in [0.15, 0.2) is 0 Å². The number of halogens is 1. The molecular weight excluding hydrogens is 434 g/mol. The minimum Gasteiger partial charge on any atom is -0.497 e. The Morgan fingerprint density at radius 2 is 2.06 bits per heavy atom. The first-order valence-corrected chi connectivity index (χ1v) is 10.9. The summed E-state index contributed by atoms with van der Waals surface area (Å²) in [5.41, 5.74) is 2.55. The monoisotopic (exact) mass is 459 g/mol. The Balaban J connectivity index is 1.29. The molecule has 0 spiro atoms. The van der Waals surface area contributed by atoms with E-state index < -0.39 is 6.03 Å². The van der Waals surface area contributed by atoms with Gasteiger partial charge in [0.2, 0.25) is 0 Å². The van der Waals surface area contributed by atoms with Gasteiger partial charge in [-0.25, -0.2) is 4.79 Å². The van der Waals surface area contributed by atoms with Crippen LogP contribution in [0.25, 0.3) is 0 Å². The summed E-state index contributed by atoms with van der Waals surface area (Å²) in [6.07, 6.45) is 0.806. The van der Waals surface area contributed by atoms with E-state index in [4.69, 9.17) is 21.1 Å². The highest BCUT2D eigenvalue weighted by Crippen LogP contribution is 2.33. The van der Waals surface area contributed by atoms with E-state index in [0.29, 0.717) is 42.7 Å². The summed E-state index contributed by atoms with van der Waals surface area (Å²) in [6, 6.07) is 10.6. The number of rotatable bonds is 6. The molecule has 0 aliphatic carbocycles. The molecule has 3 amide bonds. The van der Waals surface area contributed by atoms with Gasteiger partial charge in [-0.2, -0.15) is 0 Å². The van der Waals surface area contributed by atoms with Gasteiger partial charge in [-0.15, -0.1) is 0 Å². The summed E-state index contributed by atoms with van der Waals surface area (Å²) in [5.74, 6) is 1.21. The van der Waals surface area contributed by atoms with Crippen molar-refractivity contribution in [1.82, 2.24) is 15.6 Å². The minimum atomic E-state index is -0.416.